The molecule has 8 heteroatoms. The third kappa shape index (κ3) is 5.97. The highest BCUT2D eigenvalue weighted by atomic mass is 35.5. The molecule has 0 bridgehead atoms. The van der Waals surface area contributed by atoms with Crippen molar-refractivity contribution in [2.75, 3.05) is 13.1 Å². The molecule has 0 radical (unpaired) electrons. The number of rotatable bonds is 6. The molecule has 0 atom stereocenters. The van der Waals surface area contributed by atoms with Crippen LogP contribution in [0.5, 0.6) is 0 Å². The van der Waals surface area contributed by atoms with Crippen molar-refractivity contribution in [3.8, 4) is 10.6 Å². The second-order valence-electron chi connectivity index (χ2n) is 8.29. The standard InChI is InChI=1S/C25H25ClFN3O2S/c1-16-23(33-24(29-16)19-5-7-21(27)8-6-19)25(32)30-11-9-17(10-12-30)14-22(31)28-15-18-3-2-4-20(26)13-18/h2-8,13,17H,9-12,14-15H2,1H3,(H,28,31). The third-order valence-electron chi connectivity index (χ3n) is 5.84. The number of aromatic nitrogens is 1. The lowest BCUT2D eigenvalue weighted by atomic mass is 9.93. The van der Waals surface area contributed by atoms with Gasteiger partial charge in [0.2, 0.25) is 5.91 Å². The zero-order chi connectivity index (χ0) is 23.4. The van der Waals surface area contributed by atoms with Crippen LogP contribution in [-0.4, -0.2) is 34.8 Å². The van der Waals surface area contributed by atoms with Gasteiger partial charge in [-0.15, -0.1) is 11.3 Å². The fourth-order valence-corrected chi connectivity index (χ4v) is 5.23. The zero-order valence-corrected chi connectivity index (χ0v) is 19.9. The first-order valence-electron chi connectivity index (χ1n) is 10.9. The summed E-state index contributed by atoms with van der Waals surface area (Å²) in [6.45, 7) is 3.52. The van der Waals surface area contributed by atoms with E-state index < -0.39 is 0 Å². The topological polar surface area (TPSA) is 62.3 Å². The minimum Gasteiger partial charge on any atom is -0.352 e. The number of halogens is 2. The van der Waals surface area contributed by atoms with Gasteiger partial charge in [-0.1, -0.05) is 23.7 Å². The van der Waals surface area contributed by atoms with E-state index in [2.05, 4.69) is 10.3 Å². The van der Waals surface area contributed by atoms with Crippen LogP contribution in [0.15, 0.2) is 48.5 Å². The summed E-state index contributed by atoms with van der Waals surface area (Å²) >= 11 is 7.32. The van der Waals surface area contributed by atoms with Gasteiger partial charge in [-0.3, -0.25) is 9.59 Å². The first kappa shape index (κ1) is 23.4. The maximum Gasteiger partial charge on any atom is 0.265 e. The van der Waals surface area contributed by atoms with Crippen LogP contribution in [0.2, 0.25) is 5.02 Å². The van der Waals surface area contributed by atoms with Gasteiger partial charge in [-0.05, 0) is 67.6 Å². The maximum absolute atomic E-state index is 13.2. The molecular weight excluding hydrogens is 461 g/mol. The Balaban J connectivity index is 1.28. The van der Waals surface area contributed by atoms with Gasteiger partial charge in [0.05, 0.1) is 5.69 Å². The Hall–Kier alpha value is -2.77. The molecule has 2 aromatic carbocycles. The fourth-order valence-electron chi connectivity index (χ4n) is 3.98. The number of amides is 2. The molecule has 4 rings (SSSR count). The molecule has 1 aliphatic heterocycles. The molecule has 2 amide bonds. The normalized spacial score (nSPS) is 14.3. The molecule has 5 nitrogen and oxygen atoms in total. The Kier molecular flexibility index (Phi) is 7.40. The van der Waals surface area contributed by atoms with Crippen LogP contribution in [0.1, 0.15) is 40.2 Å². The van der Waals surface area contributed by atoms with Crippen molar-refractivity contribution in [1.82, 2.24) is 15.2 Å². The van der Waals surface area contributed by atoms with Gasteiger partial charge in [0.15, 0.2) is 0 Å². The second-order valence-corrected chi connectivity index (χ2v) is 9.72. The number of piperidine rings is 1. The summed E-state index contributed by atoms with van der Waals surface area (Å²) in [5.41, 5.74) is 2.45. The van der Waals surface area contributed by atoms with Crippen molar-refractivity contribution in [3.05, 3.63) is 75.5 Å². The van der Waals surface area contributed by atoms with Gasteiger partial charge in [-0.2, -0.15) is 0 Å². The number of likely N-dealkylation sites (tertiary alicyclic amines) is 1. The zero-order valence-electron chi connectivity index (χ0n) is 18.3. The number of hydrogen-bond donors (Lipinski definition) is 1. The van der Waals surface area contributed by atoms with E-state index in [0.29, 0.717) is 46.7 Å². The largest absolute Gasteiger partial charge is 0.352 e. The Morgan fingerprint density at radius 1 is 1.18 bits per heavy atom. The van der Waals surface area contributed by atoms with Crippen molar-refractivity contribution in [2.45, 2.75) is 32.7 Å². The molecule has 0 saturated carbocycles. The summed E-state index contributed by atoms with van der Waals surface area (Å²) in [7, 11) is 0. The number of carbonyl (C=O) groups excluding carboxylic acids is 2. The van der Waals surface area contributed by atoms with E-state index in [1.807, 2.05) is 30.0 Å². The van der Waals surface area contributed by atoms with E-state index in [1.54, 1.807) is 18.2 Å². The Morgan fingerprint density at radius 2 is 1.91 bits per heavy atom. The lowest BCUT2D eigenvalue weighted by Gasteiger charge is -2.31. The summed E-state index contributed by atoms with van der Waals surface area (Å²) in [6, 6.07) is 13.6. The van der Waals surface area contributed by atoms with Gasteiger partial charge in [0.1, 0.15) is 15.7 Å². The quantitative estimate of drug-likeness (QED) is 0.503. The fraction of sp³-hybridized carbons (Fsp3) is 0.320. The van der Waals surface area contributed by atoms with E-state index in [9.17, 15) is 14.0 Å². The van der Waals surface area contributed by atoms with Crippen LogP contribution in [-0.2, 0) is 11.3 Å². The van der Waals surface area contributed by atoms with Crippen LogP contribution in [0.25, 0.3) is 10.6 Å². The first-order chi connectivity index (χ1) is 15.9. The summed E-state index contributed by atoms with van der Waals surface area (Å²) in [4.78, 5) is 32.4. The molecule has 3 aromatic rings. The molecule has 1 aliphatic rings. The average Bonchev–Trinajstić information content (AvgIpc) is 3.20. The van der Waals surface area contributed by atoms with E-state index in [0.717, 1.165) is 24.0 Å². The first-order valence-corrected chi connectivity index (χ1v) is 12.1. The van der Waals surface area contributed by atoms with Gasteiger partial charge in [-0.25, -0.2) is 9.37 Å². The monoisotopic (exact) mass is 485 g/mol. The third-order valence-corrected chi connectivity index (χ3v) is 7.27. The van der Waals surface area contributed by atoms with Gasteiger partial charge < -0.3 is 10.2 Å². The van der Waals surface area contributed by atoms with Crippen molar-refractivity contribution in [3.63, 3.8) is 0 Å². The van der Waals surface area contributed by atoms with E-state index in [-0.39, 0.29) is 23.5 Å². The van der Waals surface area contributed by atoms with Crippen molar-refractivity contribution >= 4 is 34.8 Å². The Labute approximate surface area is 201 Å². The SMILES string of the molecule is Cc1nc(-c2ccc(F)cc2)sc1C(=O)N1CCC(CC(=O)NCc2cccc(Cl)c2)CC1. The predicted molar refractivity (Wildman–Crippen MR) is 129 cm³/mol. The summed E-state index contributed by atoms with van der Waals surface area (Å²) in [5.74, 6) is -0.0562. The Morgan fingerprint density at radius 3 is 2.61 bits per heavy atom. The van der Waals surface area contributed by atoms with Crippen LogP contribution < -0.4 is 5.32 Å². The number of aryl methyl sites for hydroxylation is 1. The molecular formula is C25H25ClFN3O2S. The smallest absolute Gasteiger partial charge is 0.265 e. The lowest BCUT2D eigenvalue weighted by molar-refractivity contribution is -0.122. The highest BCUT2D eigenvalue weighted by Crippen LogP contribution is 2.30. The highest BCUT2D eigenvalue weighted by molar-refractivity contribution is 7.17. The number of benzene rings is 2. The number of nitrogens with one attached hydrogen (secondary N) is 1. The minimum atomic E-state index is -0.302. The molecule has 33 heavy (non-hydrogen) atoms. The molecule has 172 valence electrons. The molecule has 1 saturated heterocycles. The number of nitrogens with zero attached hydrogens (tertiary/aromatic N) is 2. The van der Waals surface area contributed by atoms with Crippen molar-refractivity contribution < 1.29 is 14.0 Å². The average molecular weight is 486 g/mol. The predicted octanol–water partition coefficient (Wildman–Crippen LogP) is 5.47. The van der Waals surface area contributed by atoms with Crippen LogP contribution in [0, 0.1) is 18.7 Å². The number of hydrogen-bond acceptors (Lipinski definition) is 4. The van der Waals surface area contributed by atoms with Gasteiger partial charge >= 0.3 is 0 Å². The van der Waals surface area contributed by atoms with Crippen LogP contribution in [0.3, 0.4) is 0 Å². The molecule has 0 unspecified atom stereocenters. The molecule has 2 heterocycles. The maximum atomic E-state index is 13.2. The molecule has 1 fully saturated rings. The highest BCUT2D eigenvalue weighted by Gasteiger charge is 2.27. The Bertz CT molecular complexity index is 1140. The minimum absolute atomic E-state index is 0.0157. The molecule has 1 N–H and O–H groups in total. The van der Waals surface area contributed by atoms with Crippen molar-refractivity contribution in [1.29, 1.82) is 0 Å². The van der Waals surface area contributed by atoms with E-state index in [1.165, 1.54) is 23.5 Å². The number of carbonyl (C=O) groups is 2. The van der Waals surface area contributed by atoms with Crippen LogP contribution in [0.4, 0.5) is 4.39 Å². The molecule has 0 spiro atoms. The van der Waals surface area contributed by atoms with Gasteiger partial charge in [0, 0.05) is 36.6 Å². The van der Waals surface area contributed by atoms with Gasteiger partial charge in [0.25, 0.3) is 5.91 Å². The lowest BCUT2D eigenvalue weighted by Crippen LogP contribution is -2.39. The van der Waals surface area contributed by atoms with E-state index in [4.69, 9.17) is 11.6 Å². The summed E-state index contributed by atoms with van der Waals surface area (Å²) in [6.07, 6.45) is 2.04. The molecule has 1 aromatic heterocycles. The van der Waals surface area contributed by atoms with Crippen LogP contribution >= 0.6 is 22.9 Å². The molecule has 0 aliphatic carbocycles. The summed E-state index contributed by atoms with van der Waals surface area (Å²) in [5, 5.41) is 4.32. The number of thiazole rings is 1. The summed E-state index contributed by atoms with van der Waals surface area (Å²) < 4.78 is 13.2. The van der Waals surface area contributed by atoms with E-state index >= 15 is 0 Å². The van der Waals surface area contributed by atoms with Crippen molar-refractivity contribution in [2.24, 2.45) is 5.92 Å². The second kappa shape index (κ2) is 10.4.